The molecular weight excluding hydrogens is 388 g/mol. The predicted octanol–water partition coefficient (Wildman–Crippen LogP) is 4.09. The van der Waals surface area contributed by atoms with E-state index in [0.29, 0.717) is 26.2 Å². The fraction of sp³-hybridized carbons (Fsp3) is 0.381. The molecule has 8 heteroatoms. The Bertz CT molecular complexity index is 870. The number of carbonyl (C=O) groups excluding carboxylic acids is 1. The van der Waals surface area contributed by atoms with Crippen molar-refractivity contribution in [3.8, 4) is 5.75 Å². The Kier molecular flexibility index (Phi) is 6.42. The molecule has 29 heavy (non-hydrogen) atoms. The molecule has 1 saturated heterocycles. The van der Waals surface area contributed by atoms with Crippen molar-refractivity contribution in [3.63, 3.8) is 0 Å². The molecule has 0 aliphatic carbocycles. The molecule has 0 N–H and O–H groups in total. The van der Waals surface area contributed by atoms with Crippen LogP contribution in [0.25, 0.3) is 0 Å². The highest BCUT2D eigenvalue weighted by Crippen LogP contribution is 2.32. The number of ether oxygens (including phenoxy) is 1. The molecule has 1 aliphatic heterocycles. The van der Waals surface area contributed by atoms with Gasteiger partial charge >= 0.3 is 6.18 Å². The van der Waals surface area contributed by atoms with Crippen molar-refractivity contribution in [3.05, 3.63) is 65.0 Å². The zero-order chi connectivity index (χ0) is 21.0. The molecular formula is C21H22F4N2O2. The fourth-order valence-corrected chi connectivity index (χ4v) is 3.44. The molecule has 1 amide bonds. The number of carbonyl (C=O) groups is 1. The monoisotopic (exact) mass is 410 g/mol. The molecule has 1 fully saturated rings. The van der Waals surface area contributed by atoms with Crippen LogP contribution in [0.1, 0.15) is 23.1 Å². The maximum absolute atomic E-state index is 13.6. The molecule has 0 unspecified atom stereocenters. The number of methoxy groups -OCH3 is 1. The van der Waals surface area contributed by atoms with Gasteiger partial charge in [-0.05, 0) is 29.3 Å². The minimum absolute atomic E-state index is 0.0767. The van der Waals surface area contributed by atoms with Gasteiger partial charge < -0.3 is 9.64 Å². The van der Waals surface area contributed by atoms with Crippen LogP contribution < -0.4 is 4.74 Å². The molecule has 3 rings (SSSR count). The molecule has 1 aliphatic rings. The number of rotatable bonds is 5. The zero-order valence-electron chi connectivity index (χ0n) is 16.0. The molecule has 0 saturated carbocycles. The number of nitrogens with zero attached hydrogens (tertiary/aromatic N) is 2. The molecule has 0 aromatic heterocycles. The van der Waals surface area contributed by atoms with Gasteiger partial charge in [0, 0.05) is 39.1 Å². The highest BCUT2D eigenvalue weighted by atomic mass is 19.4. The van der Waals surface area contributed by atoms with Gasteiger partial charge in [0.2, 0.25) is 5.91 Å². The fourth-order valence-electron chi connectivity index (χ4n) is 3.44. The molecule has 0 atom stereocenters. The number of amides is 1. The maximum Gasteiger partial charge on any atom is 0.416 e. The lowest BCUT2D eigenvalue weighted by molar-refractivity contribution is -0.139. The SMILES string of the molecule is COc1cc(CN2CCC(=O)N(Cc3ccccc3C(F)(F)F)CC2)ccc1F. The summed E-state index contributed by atoms with van der Waals surface area (Å²) in [5, 5.41) is 0. The first-order valence-electron chi connectivity index (χ1n) is 9.25. The van der Waals surface area contributed by atoms with E-state index in [2.05, 4.69) is 0 Å². The lowest BCUT2D eigenvalue weighted by Gasteiger charge is -2.24. The van der Waals surface area contributed by atoms with Gasteiger partial charge in [-0.2, -0.15) is 13.2 Å². The third kappa shape index (κ3) is 5.26. The second kappa shape index (κ2) is 8.82. The summed E-state index contributed by atoms with van der Waals surface area (Å²) in [6, 6.07) is 9.92. The Morgan fingerprint density at radius 1 is 1.03 bits per heavy atom. The van der Waals surface area contributed by atoms with E-state index in [9.17, 15) is 22.4 Å². The first kappa shape index (κ1) is 21.1. The van der Waals surface area contributed by atoms with Crippen LogP contribution in [0.4, 0.5) is 17.6 Å². The third-order valence-corrected chi connectivity index (χ3v) is 4.99. The Labute approximate surface area is 166 Å². The van der Waals surface area contributed by atoms with Crippen LogP contribution in [-0.2, 0) is 24.1 Å². The Balaban J connectivity index is 1.68. The summed E-state index contributed by atoms with van der Waals surface area (Å²) in [6.45, 7) is 1.74. The van der Waals surface area contributed by atoms with Crippen LogP contribution in [-0.4, -0.2) is 42.5 Å². The minimum Gasteiger partial charge on any atom is -0.494 e. The second-order valence-electron chi connectivity index (χ2n) is 6.97. The standard InChI is InChI=1S/C21H22F4N2O2/c1-29-19-12-15(6-7-18(19)22)13-26-9-8-20(28)27(11-10-26)14-16-4-2-3-5-17(16)21(23,24)25/h2-7,12H,8-11,13-14H2,1H3. The van der Waals surface area contributed by atoms with Crippen LogP contribution in [0.3, 0.4) is 0 Å². The number of hydrogen-bond acceptors (Lipinski definition) is 3. The average Bonchev–Trinajstić information content (AvgIpc) is 2.85. The van der Waals surface area contributed by atoms with E-state index in [1.807, 2.05) is 4.90 Å². The summed E-state index contributed by atoms with van der Waals surface area (Å²) in [4.78, 5) is 16.0. The summed E-state index contributed by atoms with van der Waals surface area (Å²) in [5.74, 6) is -0.475. The Morgan fingerprint density at radius 2 is 1.79 bits per heavy atom. The van der Waals surface area contributed by atoms with Gasteiger partial charge in [0.05, 0.1) is 12.7 Å². The largest absolute Gasteiger partial charge is 0.494 e. The van der Waals surface area contributed by atoms with Gasteiger partial charge in [0.15, 0.2) is 11.6 Å². The molecule has 1 heterocycles. The normalized spacial score (nSPS) is 16.0. The first-order chi connectivity index (χ1) is 13.8. The number of halogens is 4. The van der Waals surface area contributed by atoms with Crippen molar-refractivity contribution >= 4 is 5.91 Å². The zero-order valence-corrected chi connectivity index (χ0v) is 16.0. The lowest BCUT2D eigenvalue weighted by Crippen LogP contribution is -2.33. The molecule has 2 aromatic carbocycles. The molecule has 0 radical (unpaired) electrons. The summed E-state index contributed by atoms with van der Waals surface area (Å²) in [5.41, 5.74) is 0.212. The first-order valence-corrected chi connectivity index (χ1v) is 9.25. The van der Waals surface area contributed by atoms with Crippen molar-refractivity contribution in [2.45, 2.75) is 25.7 Å². The van der Waals surface area contributed by atoms with Crippen molar-refractivity contribution in [1.29, 1.82) is 0 Å². The quantitative estimate of drug-likeness (QED) is 0.697. The van der Waals surface area contributed by atoms with E-state index < -0.39 is 17.6 Å². The van der Waals surface area contributed by atoms with Gasteiger partial charge in [-0.1, -0.05) is 24.3 Å². The summed E-state index contributed by atoms with van der Waals surface area (Å²) in [6.07, 6.45) is -4.24. The van der Waals surface area contributed by atoms with Crippen molar-refractivity contribution in [2.75, 3.05) is 26.7 Å². The maximum atomic E-state index is 13.6. The van der Waals surface area contributed by atoms with E-state index in [-0.39, 0.29) is 30.2 Å². The van der Waals surface area contributed by atoms with E-state index in [1.165, 1.54) is 30.2 Å². The number of benzene rings is 2. The van der Waals surface area contributed by atoms with E-state index in [4.69, 9.17) is 4.74 Å². The average molecular weight is 410 g/mol. The van der Waals surface area contributed by atoms with Crippen molar-refractivity contribution in [2.24, 2.45) is 0 Å². The van der Waals surface area contributed by atoms with E-state index in [1.54, 1.807) is 18.2 Å². The summed E-state index contributed by atoms with van der Waals surface area (Å²) in [7, 11) is 1.39. The van der Waals surface area contributed by atoms with Gasteiger partial charge in [-0.15, -0.1) is 0 Å². The van der Waals surface area contributed by atoms with Crippen LogP contribution in [0.15, 0.2) is 42.5 Å². The van der Waals surface area contributed by atoms with Crippen LogP contribution in [0.5, 0.6) is 5.75 Å². The van der Waals surface area contributed by atoms with Gasteiger partial charge in [-0.3, -0.25) is 9.69 Å². The topological polar surface area (TPSA) is 32.8 Å². The number of hydrogen-bond donors (Lipinski definition) is 0. The van der Waals surface area contributed by atoms with Crippen LogP contribution in [0.2, 0.25) is 0 Å². The van der Waals surface area contributed by atoms with Gasteiger partial charge in [-0.25, -0.2) is 4.39 Å². The molecule has 0 bridgehead atoms. The molecule has 4 nitrogen and oxygen atoms in total. The van der Waals surface area contributed by atoms with E-state index >= 15 is 0 Å². The highest BCUT2D eigenvalue weighted by Gasteiger charge is 2.34. The predicted molar refractivity (Wildman–Crippen MR) is 99.7 cm³/mol. The summed E-state index contributed by atoms with van der Waals surface area (Å²) < 4.78 is 58.2. The molecule has 156 valence electrons. The number of alkyl halides is 3. The smallest absolute Gasteiger partial charge is 0.416 e. The van der Waals surface area contributed by atoms with Crippen LogP contribution >= 0.6 is 0 Å². The van der Waals surface area contributed by atoms with Crippen LogP contribution in [0, 0.1) is 5.82 Å². The molecule has 2 aromatic rings. The lowest BCUT2D eigenvalue weighted by atomic mass is 10.1. The van der Waals surface area contributed by atoms with Crippen molar-refractivity contribution < 1.29 is 27.1 Å². The molecule has 0 spiro atoms. The third-order valence-electron chi connectivity index (χ3n) is 4.99. The second-order valence-corrected chi connectivity index (χ2v) is 6.97. The van der Waals surface area contributed by atoms with Crippen molar-refractivity contribution in [1.82, 2.24) is 9.80 Å². The Morgan fingerprint density at radius 3 is 2.52 bits per heavy atom. The minimum atomic E-state index is -4.46. The van der Waals surface area contributed by atoms with Gasteiger partial charge in [0.1, 0.15) is 0 Å². The Hall–Kier alpha value is -2.61. The highest BCUT2D eigenvalue weighted by molar-refractivity contribution is 5.76. The van der Waals surface area contributed by atoms with E-state index in [0.717, 1.165) is 11.6 Å². The van der Waals surface area contributed by atoms with Gasteiger partial charge in [0.25, 0.3) is 0 Å². The summed E-state index contributed by atoms with van der Waals surface area (Å²) >= 11 is 0.